The number of likely N-dealkylation sites (tertiary alicyclic amines) is 1. The van der Waals surface area contributed by atoms with Gasteiger partial charge in [0.05, 0.1) is 6.10 Å². The molecule has 0 bridgehead atoms. The number of halogens is 1. The predicted octanol–water partition coefficient (Wildman–Crippen LogP) is 2.77. The molecule has 20 heavy (non-hydrogen) atoms. The van der Waals surface area contributed by atoms with Crippen molar-refractivity contribution >= 4 is 11.6 Å². The minimum atomic E-state index is 0.367. The zero-order valence-electron chi connectivity index (χ0n) is 12.0. The summed E-state index contributed by atoms with van der Waals surface area (Å²) in [5, 5.41) is 0.845. The fourth-order valence-electron chi connectivity index (χ4n) is 3.80. The minimum absolute atomic E-state index is 0.367. The van der Waals surface area contributed by atoms with E-state index in [0.29, 0.717) is 24.7 Å². The highest BCUT2D eigenvalue weighted by Gasteiger charge is 2.35. The van der Waals surface area contributed by atoms with E-state index in [4.69, 9.17) is 22.1 Å². The summed E-state index contributed by atoms with van der Waals surface area (Å²) in [6, 6.07) is 7.27. The molecule has 1 heterocycles. The van der Waals surface area contributed by atoms with E-state index in [-0.39, 0.29) is 0 Å². The lowest BCUT2D eigenvalue weighted by Crippen LogP contribution is -2.49. The molecule has 2 N–H and O–H groups in total. The number of ether oxygens (including phenoxy) is 1. The summed E-state index contributed by atoms with van der Waals surface area (Å²) in [5.74, 6) is 0. The van der Waals surface area contributed by atoms with Crippen LogP contribution in [0.4, 0.5) is 0 Å². The zero-order valence-corrected chi connectivity index (χ0v) is 12.8. The molecule has 1 aliphatic heterocycles. The zero-order chi connectivity index (χ0) is 14.1. The van der Waals surface area contributed by atoms with E-state index in [1.165, 1.54) is 17.5 Å². The van der Waals surface area contributed by atoms with E-state index >= 15 is 0 Å². The fourth-order valence-corrected chi connectivity index (χ4v) is 3.99. The molecule has 3 nitrogen and oxygen atoms in total. The van der Waals surface area contributed by atoms with Crippen molar-refractivity contribution in [3.05, 3.63) is 34.3 Å². The summed E-state index contributed by atoms with van der Waals surface area (Å²) in [6.07, 6.45) is 4.83. The maximum Gasteiger partial charge on any atom is 0.0599 e. The molecule has 0 spiro atoms. The van der Waals surface area contributed by atoms with Gasteiger partial charge in [0.25, 0.3) is 0 Å². The van der Waals surface area contributed by atoms with E-state index in [1.807, 2.05) is 6.07 Å². The number of piperidine rings is 1. The van der Waals surface area contributed by atoms with Crippen LogP contribution in [0.2, 0.25) is 5.02 Å². The molecule has 3 unspecified atom stereocenters. The first-order valence-corrected chi connectivity index (χ1v) is 7.87. The first kappa shape index (κ1) is 14.3. The molecule has 0 radical (unpaired) electrons. The Kier molecular flexibility index (Phi) is 4.32. The average Bonchev–Trinajstić information content (AvgIpc) is 2.89. The van der Waals surface area contributed by atoms with Crippen molar-refractivity contribution in [2.24, 2.45) is 5.73 Å². The molecule has 2 aliphatic rings. The molecule has 0 saturated carbocycles. The molecule has 4 heteroatoms. The van der Waals surface area contributed by atoms with Crippen LogP contribution in [0.3, 0.4) is 0 Å². The summed E-state index contributed by atoms with van der Waals surface area (Å²) in [6.45, 7) is 1.78. The van der Waals surface area contributed by atoms with Crippen molar-refractivity contribution in [1.82, 2.24) is 4.90 Å². The summed E-state index contributed by atoms with van der Waals surface area (Å²) < 4.78 is 5.52. The molecular weight excluding hydrogens is 272 g/mol. The second kappa shape index (κ2) is 6.02. The lowest BCUT2D eigenvalue weighted by atomic mass is 9.95. The van der Waals surface area contributed by atoms with Gasteiger partial charge in [-0.25, -0.2) is 0 Å². The smallest absolute Gasteiger partial charge is 0.0599 e. The third-order valence-corrected chi connectivity index (χ3v) is 5.11. The van der Waals surface area contributed by atoms with E-state index in [0.717, 1.165) is 30.8 Å². The molecule has 3 atom stereocenters. The Bertz CT molecular complexity index is 480. The Balaban J connectivity index is 1.80. The molecule has 3 rings (SSSR count). The van der Waals surface area contributed by atoms with Crippen LogP contribution in [0.1, 0.15) is 36.4 Å². The number of rotatable bonds is 3. The van der Waals surface area contributed by atoms with Gasteiger partial charge in [-0.3, -0.25) is 4.90 Å². The Morgan fingerprint density at radius 3 is 3.00 bits per heavy atom. The molecule has 1 fully saturated rings. The van der Waals surface area contributed by atoms with Gasteiger partial charge in [0.2, 0.25) is 0 Å². The highest BCUT2D eigenvalue weighted by molar-refractivity contribution is 6.30. The SMILES string of the molecule is COC1CCN(C2CCc3cc(Cl)ccc32)C(CN)C1. The number of hydrogen-bond acceptors (Lipinski definition) is 3. The number of hydrogen-bond donors (Lipinski definition) is 1. The first-order chi connectivity index (χ1) is 9.72. The largest absolute Gasteiger partial charge is 0.381 e. The average molecular weight is 295 g/mol. The number of benzene rings is 1. The van der Waals surface area contributed by atoms with Gasteiger partial charge in [0.1, 0.15) is 0 Å². The second-order valence-corrected chi connectivity index (χ2v) is 6.34. The number of aryl methyl sites for hydroxylation is 1. The summed E-state index contributed by atoms with van der Waals surface area (Å²) in [7, 11) is 1.81. The van der Waals surface area contributed by atoms with Crippen LogP contribution < -0.4 is 5.73 Å². The van der Waals surface area contributed by atoms with Crippen LogP contribution in [0.5, 0.6) is 0 Å². The Morgan fingerprint density at radius 1 is 1.40 bits per heavy atom. The van der Waals surface area contributed by atoms with E-state index in [9.17, 15) is 0 Å². The van der Waals surface area contributed by atoms with Crippen molar-refractivity contribution in [3.63, 3.8) is 0 Å². The molecule has 1 saturated heterocycles. The van der Waals surface area contributed by atoms with Gasteiger partial charge in [-0.15, -0.1) is 0 Å². The quantitative estimate of drug-likeness (QED) is 0.931. The van der Waals surface area contributed by atoms with Crippen molar-refractivity contribution in [2.45, 2.75) is 43.9 Å². The molecule has 0 amide bonds. The van der Waals surface area contributed by atoms with Crippen molar-refractivity contribution in [3.8, 4) is 0 Å². The van der Waals surface area contributed by atoms with Gasteiger partial charge in [-0.2, -0.15) is 0 Å². The highest BCUT2D eigenvalue weighted by Crippen LogP contribution is 2.39. The van der Waals surface area contributed by atoms with Crippen LogP contribution >= 0.6 is 11.6 Å². The number of methoxy groups -OCH3 is 1. The maximum atomic E-state index is 6.10. The van der Waals surface area contributed by atoms with Crippen molar-refractivity contribution in [2.75, 3.05) is 20.2 Å². The molecule has 0 aromatic heterocycles. The summed E-state index contributed by atoms with van der Waals surface area (Å²) >= 11 is 6.10. The van der Waals surface area contributed by atoms with Crippen molar-refractivity contribution in [1.29, 1.82) is 0 Å². The van der Waals surface area contributed by atoms with Gasteiger partial charge >= 0.3 is 0 Å². The summed E-state index contributed by atoms with van der Waals surface area (Å²) in [5.41, 5.74) is 8.86. The monoisotopic (exact) mass is 294 g/mol. The van der Waals surface area contributed by atoms with E-state index in [1.54, 1.807) is 7.11 Å². The lowest BCUT2D eigenvalue weighted by Gasteiger charge is -2.42. The van der Waals surface area contributed by atoms with E-state index in [2.05, 4.69) is 17.0 Å². The Morgan fingerprint density at radius 2 is 2.25 bits per heavy atom. The molecule has 1 aromatic carbocycles. The van der Waals surface area contributed by atoms with Crippen LogP contribution in [0.15, 0.2) is 18.2 Å². The molecule has 1 aromatic rings. The molecule has 1 aliphatic carbocycles. The molecule has 110 valence electrons. The van der Waals surface area contributed by atoms with Crippen LogP contribution in [0.25, 0.3) is 0 Å². The van der Waals surface area contributed by atoms with Gasteiger partial charge in [0, 0.05) is 37.3 Å². The van der Waals surface area contributed by atoms with Crippen LogP contribution in [-0.2, 0) is 11.2 Å². The van der Waals surface area contributed by atoms with Crippen LogP contribution in [0, 0.1) is 0 Å². The lowest BCUT2D eigenvalue weighted by molar-refractivity contribution is -0.00451. The van der Waals surface area contributed by atoms with Gasteiger partial charge < -0.3 is 10.5 Å². The summed E-state index contributed by atoms with van der Waals surface area (Å²) in [4.78, 5) is 2.59. The number of nitrogens with two attached hydrogens (primary N) is 1. The maximum absolute atomic E-state index is 6.10. The Hall–Kier alpha value is -0.610. The third-order valence-electron chi connectivity index (χ3n) is 4.87. The molecular formula is C16H23ClN2O. The highest BCUT2D eigenvalue weighted by atomic mass is 35.5. The van der Waals surface area contributed by atoms with E-state index < -0.39 is 0 Å². The van der Waals surface area contributed by atoms with Crippen molar-refractivity contribution < 1.29 is 4.74 Å². The third kappa shape index (κ3) is 2.60. The first-order valence-electron chi connectivity index (χ1n) is 7.50. The standard InChI is InChI=1S/C16H23ClN2O/c1-20-14-6-7-19(13(9-14)10-18)16-5-2-11-8-12(17)3-4-15(11)16/h3-4,8,13-14,16H,2,5-7,9-10,18H2,1H3. The van der Waals surface area contributed by atoms with Gasteiger partial charge in [-0.05, 0) is 48.9 Å². The topological polar surface area (TPSA) is 38.5 Å². The number of nitrogens with zero attached hydrogens (tertiary/aromatic N) is 1. The normalized spacial score (nSPS) is 30.4. The Labute approximate surface area is 126 Å². The van der Waals surface area contributed by atoms with Gasteiger partial charge in [0.15, 0.2) is 0 Å². The predicted molar refractivity (Wildman–Crippen MR) is 82.1 cm³/mol. The number of fused-ring (bicyclic) bond motifs is 1. The van der Waals surface area contributed by atoms with Gasteiger partial charge in [-0.1, -0.05) is 17.7 Å². The van der Waals surface area contributed by atoms with Crippen LogP contribution in [-0.4, -0.2) is 37.2 Å². The second-order valence-electron chi connectivity index (χ2n) is 5.91. The fraction of sp³-hybridized carbons (Fsp3) is 0.625. The minimum Gasteiger partial charge on any atom is -0.381 e.